The number of amides is 1. The fourth-order valence-corrected chi connectivity index (χ4v) is 4.34. The van der Waals surface area contributed by atoms with Gasteiger partial charge in [-0.3, -0.25) is 4.79 Å². The molecule has 1 fully saturated rings. The molecule has 31 heavy (non-hydrogen) atoms. The van der Waals surface area contributed by atoms with Gasteiger partial charge < -0.3 is 19.6 Å². The van der Waals surface area contributed by atoms with Crippen molar-refractivity contribution in [2.24, 2.45) is 0 Å². The van der Waals surface area contributed by atoms with E-state index in [-0.39, 0.29) is 12.0 Å². The first-order valence-corrected chi connectivity index (χ1v) is 10.7. The Morgan fingerprint density at radius 1 is 1.16 bits per heavy atom. The first kappa shape index (κ1) is 19.6. The normalized spacial score (nSPS) is 16.1. The lowest BCUT2D eigenvalue weighted by atomic mass is 10.1. The molecule has 1 saturated heterocycles. The molecular weight excluding hydrogens is 388 g/mol. The minimum absolute atomic E-state index is 0.135. The summed E-state index contributed by atoms with van der Waals surface area (Å²) in [6, 6.07) is 17.3. The lowest BCUT2D eigenvalue weighted by Gasteiger charge is -2.17. The number of nitrogens with zero attached hydrogens (tertiary/aromatic N) is 2. The summed E-state index contributed by atoms with van der Waals surface area (Å²) in [5.74, 6) is 1.39. The maximum absolute atomic E-state index is 13.1. The Labute approximate surface area is 181 Å². The summed E-state index contributed by atoms with van der Waals surface area (Å²) in [7, 11) is 0. The lowest BCUT2D eigenvalue weighted by molar-refractivity contribution is 0.0962. The van der Waals surface area contributed by atoms with Crippen molar-refractivity contribution in [2.45, 2.75) is 39.3 Å². The predicted octanol–water partition coefficient (Wildman–Crippen LogP) is 5.08. The first-order valence-electron chi connectivity index (χ1n) is 10.7. The Morgan fingerprint density at radius 2 is 1.94 bits per heavy atom. The van der Waals surface area contributed by atoms with Crippen LogP contribution in [-0.4, -0.2) is 33.2 Å². The molecule has 6 nitrogen and oxygen atoms in total. The van der Waals surface area contributed by atoms with E-state index in [1.165, 1.54) is 0 Å². The largest absolute Gasteiger partial charge is 0.376 e. The number of aromatic nitrogens is 3. The highest BCUT2D eigenvalue weighted by atomic mass is 16.5. The van der Waals surface area contributed by atoms with Crippen LogP contribution in [0.4, 0.5) is 5.82 Å². The van der Waals surface area contributed by atoms with Crippen molar-refractivity contribution < 1.29 is 9.53 Å². The number of rotatable bonds is 5. The van der Waals surface area contributed by atoms with Gasteiger partial charge in [-0.15, -0.1) is 0 Å². The number of ether oxygens (including phenoxy) is 1. The summed E-state index contributed by atoms with van der Waals surface area (Å²) >= 11 is 0. The average Bonchev–Trinajstić information content (AvgIpc) is 3.50. The number of hydrogen-bond donors (Lipinski definition) is 2. The molecule has 3 heterocycles. The van der Waals surface area contributed by atoms with E-state index >= 15 is 0 Å². The van der Waals surface area contributed by atoms with Crippen LogP contribution in [0, 0.1) is 13.8 Å². The molecule has 1 aliphatic rings. The minimum Gasteiger partial charge on any atom is -0.376 e. The van der Waals surface area contributed by atoms with Crippen molar-refractivity contribution >= 4 is 22.8 Å². The van der Waals surface area contributed by atoms with E-state index in [1.807, 2.05) is 54.6 Å². The van der Waals surface area contributed by atoms with Gasteiger partial charge in [0.15, 0.2) is 0 Å². The Hall–Kier alpha value is -3.38. The molecule has 2 N–H and O–H groups in total. The van der Waals surface area contributed by atoms with Gasteiger partial charge in [-0.25, -0.2) is 4.98 Å². The maximum atomic E-state index is 13.1. The van der Waals surface area contributed by atoms with E-state index in [4.69, 9.17) is 9.72 Å². The van der Waals surface area contributed by atoms with Gasteiger partial charge in [-0.1, -0.05) is 30.3 Å². The number of anilines is 1. The fraction of sp³-hybridized carbons (Fsp3) is 0.280. The van der Waals surface area contributed by atoms with Gasteiger partial charge >= 0.3 is 0 Å². The van der Waals surface area contributed by atoms with E-state index in [0.29, 0.717) is 12.1 Å². The molecule has 2 aromatic heterocycles. The van der Waals surface area contributed by atoms with Crippen molar-refractivity contribution in [3.05, 3.63) is 71.4 Å². The van der Waals surface area contributed by atoms with Crippen LogP contribution in [0.5, 0.6) is 0 Å². The molecule has 2 aromatic carbocycles. The number of nitrogens with one attached hydrogen (secondary N) is 2. The molecule has 0 saturated carbocycles. The van der Waals surface area contributed by atoms with Gasteiger partial charge in [-0.05, 0) is 56.5 Å². The van der Waals surface area contributed by atoms with E-state index < -0.39 is 0 Å². The van der Waals surface area contributed by atoms with Crippen molar-refractivity contribution in [3.8, 4) is 11.4 Å². The third-order valence-corrected chi connectivity index (χ3v) is 6.13. The summed E-state index contributed by atoms with van der Waals surface area (Å²) in [6.07, 6.45) is 2.26. The Kier molecular flexibility index (Phi) is 5.08. The molecular formula is C25H26N4O2. The molecule has 0 bridgehead atoms. The highest BCUT2D eigenvalue weighted by molar-refractivity contribution is 6.06. The zero-order chi connectivity index (χ0) is 21.4. The Balaban J connectivity index is 1.62. The van der Waals surface area contributed by atoms with E-state index in [9.17, 15) is 4.79 Å². The molecule has 6 heteroatoms. The number of hydrogen-bond acceptors (Lipinski definition) is 3. The zero-order valence-corrected chi connectivity index (χ0v) is 17.8. The van der Waals surface area contributed by atoms with Gasteiger partial charge in [-0.2, -0.15) is 0 Å². The smallest absolute Gasteiger partial charge is 0.256 e. The molecule has 158 valence electrons. The molecule has 1 amide bonds. The summed E-state index contributed by atoms with van der Waals surface area (Å²) in [5, 5.41) is 3.18. The van der Waals surface area contributed by atoms with E-state index in [2.05, 4.69) is 28.7 Å². The summed E-state index contributed by atoms with van der Waals surface area (Å²) in [5.41, 5.74) is 5.63. The van der Waals surface area contributed by atoms with Crippen molar-refractivity contribution in [1.29, 1.82) is 0 Å². The lowest BCUT2D eigenvalue weighted by Crippen LogP contribution is -2.21. The third-order valence-electron chi connectivity index (χ3n) is 6.13. The number of carbonyl (C=O) groups excluding carboxylic acids is 1. The molecule has 5 rings (SSSR count). The molecule has 0 unspecified atom stereocenters. The minimum atomic E-state index is -0.135. The molecule has 1 aliphatic heterocycles. The summed E-state index contributed by atoms with van der Waals surface area (Å²) in [6.45, 7) is 5.68. The second kappa shape index (κ2) is 8.04. The number of aromatic amines is 1. The zero-order valence-electron chi connectivity index (χ0n) is 17.8. The molecule has 4 aromatic rings. The monoisotopic (exact) mass is 414 g/mol. The van der Waals surface area contributed by atoms with Crippen LogP contribution in [0.3, 0.4) is 0 Å². The molecule has 1 atom stereocenters. The number of benzene rings is 2. The quantitative estimate of drug-likeness (QED) is 0.478. The first-order chi connectivity index (χ1) is 15.1. The van der Waals surface area contributed by atoms with Crippen LogP contribution >= 0.6 is 0 Å². The van der Waals surface area contributed by atoms with Crippen LogP contribution in [-0.2, 0) is 11.3 Å². The van der Waals surface area contributed by atoms with E-state index in [0.717, 1.165) is 58.9 Å². The maximum Gasteiger partial charge on any atom is 0.256 e. The van der Waals surface area contributed by atoms with Crippen molar-refractivity contribution in [1.82, 2.24) is 14.5 Å². The Bertz CT molecular complexity index is 1200. The van der Waals surface area contributed by atoms with Gasteiger partial charge in [0.25, 0.3) is 5.91 Å². The number of carbonyl (C=O) groups is 1. The standard InChI is InChI=1S/C25H26N4O2/c1-16-17(2)29(15-19-11-8-14-31-19)24(28-25(30)18-9-4-3-5-10-18)22(16)23-26-20-12-6-7-13-21(20)27-23/h3-7,9-10,12-13,19H,8,11,14-15H2,1-2H3,(H,26,27)(H,28,30)/t19-/m1/s1. The van der Waals surface area contributed by atoms with Crippen LogP contribution in [0.2, 0.25) is 0 Å². The highest BCUT2D eigenvalue weighted by Crippen LogP contribution is 2.36. The number of H-pyrrole nitrogens is 1. The van der Waals surface area contributed by atoms with Crippen LogP contribution in [0.1, 0.15) is 34.5 Å². The molecule has 0 radical (unpaired) electrons. The average molecular weight is 415 g/mol. The van der Waals surface area contributed by atoms with Gasteiger partial charge in [0.05, 0.1) is 29.2 Å². The summed E-state index contributed by atoms with van der Waals surface area (Å²) in [4.78, 5) is 21.3. The topological polar surface area (TPSA) is 71.9 Å². The van der Waals surface area contributed by atoms with Crippen molar-refractivity contribution in [3.63, 3.8) is 0 Å². The summed E-state index contributed by atoms with van der Waals surface area (Å²) < 4.78 is 8.08. The fourth-order valence-electron chi connectivity index (χ4n) is 4.34. The number of para-hydroxylation sites is 2. The van der Waals surface area contributed by atoms with Crippen LogP contribution in [0.25, 0.3) is 22.4 Å². The highest BCUT2D eigenvalue weighted by Gasteiger charge is 2.26. The van der Waals surface area contributed by atoms with Crippen LogP contribution in [0.15, 0.2) is 54.6 Å². The third kappa shape index (κ3) is 3.64. The number of fused-ring (bicyclic) bond motifs is 1. The van der Waals surface area contributed by atoms with Crippen LogP contribution < -0.4 is 5.32 Å². The van der Waals surface area contributed by atoms with Gasteiger partial charge in [0, 0.05) is 17.9 Å². The SMILES string of the molecule is Cc1c(-c2nc3ccccc3[nH]2)c(NC(=O)c2ccccc2)n(C[C@H]2CCCO2)c1C. The molecule has 0 spiro atoms. The van der Waals surface area contributed by atoms with Gasteiger partial charge in [0.1, 0.15) is 11.6 Å². The second-order valence-electron chi connectivity index (χ2n) is 8.10. The number of imidazole rings is 1. The Morgan fingerprint density at radius 3 is 2.68 bits per heavy atom. The van der Waals surface area contributed by atoms with Crippen molar-refractivity contribution in [2.75, 3.05) is 11.9 Å². The van der Waals surface area contributed by atoms with Gasteiger partial charge in [0.2, 0.25) is 0 Å². The molecule has 0 aliphatic carbocycles. The predicted molar refractivity (Wildman–Crippen MR) is 122 cm³/mol. The van der Waals surface area contributed by atoms with E-state index in [1.54, 1.807) is 0 Å². The second-order valence-corrected chi connectivity index (χ2v) is 8.10.